The van der Waals surface area contributed by atoms with E-state index >= 15 is 0 Å². The van der Waals surface area contributed by atoms with E-state index in [2.05, 4.69) is 9.97 Å². The average Bonchev–Trinajstić information content (AvgIpc) is 2.28. The third-order valence-electron chi connectivity index (χ3n) is 2.60. The van der Waals surface area contributed by atoms with Gasteiger partial charge in [-0.05, 0) is 12.0 Å². The fourth-order valence-electron chi connectivity index (χ4n) is 1.81. The van der Waals surface area contributed by atoms with E-state index in [0.717, 1.165) is 5.56 Å². The van der Waals surface area contributed by atoms with Crippen LogP contribution in [0.3, 0.4) is 0 Å². The standard InChI is InChI=1S/C13H13ClN2O/c1-8(2)11-12(15-7-16-13(11)17)9-5-3-4-6-10(9)14/h3-8H,1-2H3,(H,15,16,17). The summed E-state index contributed by atoms with van der Waals surface area (Å²) in [5.41, 5.74) is 2.02. The number of nitrogens with one attached hydrogen (secondary N) is 1. The van der Waals surface area contributed by atoms with Crippen molar-refractivity contribution in [1.29, 1.82) is 0 Å². The van der Waals surface area contributed by atoms with Gasteiger partial charge in [-0.2, -0.15) is 0 Å². The van der Waals surface area contributed by atoms with E-state index in [9.17, 15) is 4.79 Å². The van der Waals surface area contributed by atoms with Gasteiger partial charge in [0.15, 0.2) is 0 Å². The fraction of sp³-hybridized carbons (Fsp3) is 0.231. The van der Waals surface area contributed by atoms with Crippen molar-refractivity contribution in [3.05, 3.63) is 51.5 Å². The topological polar surface area (TPSA) is 45.8 Å². The normalized spacial score (nSPS) is 10.8. The number of aromatic amines is 1. The second-order valence-corrected chi connectivity index (χ2v) is 4.54. The first kappa shape index (κ1) is 11.9. The van der Waals surface area contributed by atoms with Crippen molar-refractivity contribution < 1.29 is 0 Å². The third-order valence-corrected chi connectivity index (χ3v) is 2.92. The van der Waals surface area contributed by atoms with Crippen LogP contribution in [0.2, 0.25) is 5.02 Å². The molecule has 0 bridgehead atoms. The molecule has 0 unspecified atom stereocenters. The molecule has 0 aliphatic heterocycles. The molecule has 0 spiro atoms. The average molecular weight is 249 g/mol. The molecule has 3 nitrogen and oxygen atoms in total. The SMILES string of the molecule is CC(C)c1c(-c2ccccc2Cl)nc[nH]c1=O. The molecule has 0 radical (unpaired) electrons. The number of hydrogen-bond acceptors (Lipinski definition) is 2. The highest BCUT2D eigenvalue weighted by atomic mass is 35.5. The Balaban J connectivity index is 2.73. The number of halogens is 1. The lowest BCUT2D eigenvalue weighted by atomic mass is 9.98. The first-order chi connectivity index (χ1) is 8.11. The Morgan fingerprint density at radius 1 is 1.29 bits per heavy atom. The first-order valence-corrected chi connectivity index (χ1v) is 5.81. The predicted octanol–water partition coefficient (Wildman–Crippen LogP) is 3.21. The van der Waals surface area contributed by atoms with Crippen LogP contribution in [-0.4, -0.2) is 9.97 Å². The lowest BCUT2D eigenvalue weighted by molar-refractivity contribution is 0.833. The monoisotopic (exact) mass is 248 g/mol. The zero-order valence-corrected chi connectivity index (χ0v) is 10.5. The van der Waals surface area contributed by atoms with E-state index < -0.39 is 0 Å². The fourth-order valence-corrected chi connectivity index (χ4v) is 2.04. The Labute approximate surface area is 104 Å². The van der Waals surface area contributed by atoms with Gasteiger partial charge in [-0.15, -0.1) is 0 Å². The third kappa shape index (κ3) is 2.24. The van der Waals surface area contributed by atoms with Gasteiger partial charge >= 0.3 is 0 Å². The van der Waals surface area contributed by atoms with E-state index in [4.69, 9.17) is 11.6 Å². The molecular formula is C13H13ClN2O. The minimum absolute atomic E-state index is 0.0960. The Bertz CT molecular complexity index is 590. The summed E-state index contributed by atoms with van der Waals surface area (Å²) in [7, 11) is 0. The van der Waals surface area contributed by atoms with Crippen molar-refractivity contribution in [2.45, 2.75) is 19.8 Å². The van der Waals surface area contributed by atoms with E-state index in [0.29, 0.717) is 16.3 Å². The summed E-state index contributed by atoms with van der Waals surface area (Å²) in [5, 5.41) is 0.604. The molecule has 1 aromatic heterocycles. The van der Waals surface area contributed by atoms with Crippen molar-refractivity contribution in [2.24, 2.45) is 0 Å². The van der Waals surface area contributed by atoms with Crippen molar-refractivity contribution in [2.75, 3.05) is 0 Å². The Kier molecular flexibility index (Phi) is 3.29. The Morgan fingerprint density at radius 2 is 2.00 bits per heavy atom. The molecule has 0 saturated carbocycles. The van der Waals surface area contributed by atoms with Crippen LogP contribution in [0.15, 0.2) is 35.4 Å². The molecule has 2 aromatic rings. The first-order valence-electron chi connectivity index (χ1n) is 5.43. The summed E-state index contributed by atoms with van der Waals surface area (Å²) in [6, 6.07) is 7.40. The van der Waals surface area contributed by atoms with Gasteiger partial charge < -0.3 is 4.98 Å². The van der Waals surface area contributed by atoms with Gasteiger partial charge in [-0.3, -0.25) is 4.79 Å². The molecule has 4 heteroatoms. The number of H-pyrrole nitrogens is 1. The van der Waals surface area contributed by atoms with Gasteiger partial charge in [0, 0.05) is 16.1 Å². The number of rotatable bonds is 2. The van der Waals surface area contributed by atoms with Gasteiger partial charge in [-0.1, -0.05) is 43.6 Å². The van der Waals surface area contributed by atoms with Gasteiger partial charge in [-0.25, -0.2) is 4.98 Å². The maximum Gasteiger partial charge on any atom is 0.254 e. The zero-order valence-electron chi connectivity index (χ0n) is 9.70. The Hall–Kier alpha value is -1.61. The van der Waals surface area contributed by atoms with Crippen LogP contribution in [-0.2, 0) is 0 Å². The molecular weight excluding hydrogens is 236 g/mol. The highest BCUT2D eigenvalue weighted by Crippen LogP contribution is 2.29. The molecule has 0 atom stereocenters. The molecule has 0 saturated heterocycles. The summed E-state index contributed by atoms with van der Waals surface area (Å²) >= 11 is 6.14. The zero-order chi connectivity index (χ0) is 12.4. The predicted molar refractivity (Wildman–Crippen MR) is 69.4 cm³/mol. The van der Waals surface area contributed by atoms with Crippen LogP contribution in [0.5, 0.6) is 0 Å². The van der Waals surface area contributed by atoms with Crippen molar-refractivity contribution in [3.8, 4) is 11.3 Å². The number of hydrogen-bond donors (Lipinski definition) is 1. The highest BCUT2D eigenvalue weighted by molar-refractivity contribution is 6.33. The molecule has 0 amide bonds. The number of nitrogens with zero attached hydrogens (tertiary/aromatic N) is 1. The maximum atomic E-state index is 11.8. The molecule has 1 N–H and O–H groups in total. The minimum Gasteiger partial charge on any atom is -0.313 e. The molecule has 2 rings (SSSR count). The van der Waals surface area contributed by atoms with Crippen LogP contribution in [0.25, 0.3) is 11.3 Å². The quantitative estimate of drug-likeness (QED) is 0.887. The van der Waals surface area contributed by atoms with Crippen LogP contribution in [0.1, 0.15) is 25.3 Å². The van der Waals surface area contributed by atoms with Gasteiger partial charge in [0.1, 0.15) is 0 Å². The lowest BCUT2D eigenvalue weighted by Gasteiger charge is -2.11. The summed E-state index contributed by atoms with van der Waals surface area (Å²) < 4.78 is 0. The number of aromatic nitrogens is 2. The molecule has 0 fully saturated rings. The van der Waals surface area contributed by atoms with Gasteiger partial charge in [0.05, 0.1) is 12.0 Å². The van der Waals surface area contributed by atoms with Crippen molar-refractivity contribution in [3.63, 3.8) is 0 Å². The molecule has 17 heavy (non-hydrogen) atoms. The van der Waals surface area contributed by atoms with E-state index in [1.54, 1.807) is 6.07 Å². The second kappa shape index (κ2) is 4.72. The smallest absolute Gasteiger partial charge is 0.254 e. The van der Waals surface area contributed by atoms with Gasteiger partial charge in [0.25, 0.3) is 5.56 Å². The van der Waals surface area contributed by atoms with E-state index in [1.165, 1.54) is 6.33 Å². The molecule has 1 aromatic carbocycles. The molecule has 88 valence electrons. The van der Waals surface area contributed by atoms with E-state index in [-0.39, 0.29) is 11.5 Å². The number of benzene rings is 1. The maximum absolute atomic E-state index is 11.8. The van der Waals surface area contributed by atoms with Crippen molar-refractivity contribution >= 4 is 11.6 Å². The summed E-state index contributed by atoms with van der Waals surface area (Å²) in [6.45, 7) is 3.93. The van der Waals surface area contributed by atoms with Crippen LogP contribution in [0, 0.1) is 0 Å². The van der Waals surface area contributed by atoms with Crippen LogP contribution < -0.4 is 5.56 Å². The Morgan fingerprint density at radius 3 is 2.65 bits per heavy atom. The minimum atomic E-state index is -0.107. The molecule has 1 heterocycles. The van der Waals surface area contributed by atoms with Crippen molar-refractivity contribution in [1.82, 2.24) is 9.97 Å². The lowest BCUT2D eigenvalue weighted by Crippen LogP contribution is -2.16. The largest absolute Gasteiger partial charge is 0.313 e. The summed E-state index contributed by atoms with van der Waals surface area (Å²) in [6.07, 6.45) is 1.41. The van der Waals surface area contributed by atoms with Crippen LogP contribution >= 0.6 is 11.6 Å². The van der Waals surface area contributed by atoms with Gasteiger partial charge in [0.2, 0.25) is 0 Å². The van der Waals surface area contributed by atoms with E-state index in [1.807, 2.05) is 32.0 Å². The summed E-state index contributed by atoms with van der Waals surface area (Å²) in [4.78, 5) is 18.7. The highest BCUT2D eigenvalue weighted by Gasteiger charge is 2.15. The summed E-state index contributed by atoms with van der Waals surface area (Å²) in [5.74, 6) is 0.0960. The molecule has 0 aliphatic carbocycles. The second-order valence-electron chi connectivity index (χ2n) is 4.13. The molecule has 0 aliphatic rings. The van der Waals surface area contributed by atoms with Crippen LogP contribution in [0.4, 0.5) is 0 Å².